The molecule has 18 heavy (non-hydrogen) atoms. The van der Waals surface area contributed by atoms with Crippen LogP contribution in [0.5, 0.6) is 0 Å². The van der Waals surface area contributed by atoms with Crippen LogP contribution in [0.4, 0.5) is 0 Å². The second-order valence-electron chi connectivity index (χ2n) is 4.53. The fraction of sp³-hybridized carbons (Fsp3) is 0.308. The molecular weight excluding hydrogens is 250 g/mol. The largest absolute Gasteiger partial charge is 0.269 e. The summed E-state index contributed by atoms with van der Waals surface area (Å²) in [6.07, 6.45) is 6.34. The van der Waals surface area contributed by atoms with Gasteiger partial charge in [0.1, 0.15) is 4.90 Å². The molecule has 2 aliphatic rings. The number of carbonyl (C=O) groups excluding carboxylic acids is 1. The van der Waals surface area contributed by atoms with Crippen LogP contribution in [0, 0.1) is 0 Å². The first-order chi connectivity index (χ1) is 8.62. The quantitative estimate of drug-likeness (QED) is 0.728. The number of sulfonamides is 1. The van der Waals surface area contributed by atoms with Gasteiger partial charge in [-0.3, -0.25) is 4.79 Å². The molecule has 1 atom stereocenters. The Hall–Kier alpha value is -1.62. The highest BCUT2D eigenvalue weighted by Gasteiger charge is 2.44. The van der Waals surface area contributed by atoms with Gasteiger partial charge >= 0.3 is 0 Å². The van der Waals surface area contributed by atoms with Crippen molar-refractivity contribution in [3.63, 3.8) is 0 Å². The lowest BCUT2D eigenvalue weighted by molar-refractivity contribution is 0.0844. The fourth-order valence-electron chi connectivity index (χ4n) is 2.52. The van der Waals surface area contributed by atoms with Crippen LogP contribution < -0.4 is 0 Å². The van der Waals surface area contributed by atoms with E-state index in [-0.39, 0.29) is 16.5 Å². The van der Waals surface area contributed by atoms with Gasteiger partial charge in [-0.1, -0.05) is 24.3 Å². The summed E-state index contributed by atoms with van der Waals surface area (Å²) < 4.78 is 25.8. The normalized spacial score (nSPS) is 25.2. The number of nitrogens with zero attached hydrogens (tertiary/aromatic N) is 1. The first-order valence-corrected chi connectivity index (χ1v) is 7.41. The molecule has 1 aliphatic heterocycles. The third-order valence-corrected chi connectivity index (χ3v) is 5.25. The van der Waals surface area contributed by atoms with Crippen LogP contribution in [0.25, 0.3) is 0 Å². The van der Waals surface area contributed by atoms with Gasteiger partial charge in [-0.05, 0) is 31.4 Å². The Morgan fingerprint density at radius 2 is 2.00 bits per heavy atom. The number of rotatable bonds is 1. The van der Waals surface area contributed by atoms with E-state index in [1.165, 1.54) is 6.07 Å². The van der Waals surface area contributed by atoms with Gasteiger partial charge in [-0.15, -0.1) is 0 Å². The standard InChI is InChI=1S/C13H13NO3S/c15-13-11-8-4-5-9-12(11)18(16,17)14(13)10-6-2-1-3-7-10/h2,4-6,8-10H,1,3,7H2. The number of hydrogen-bond donors (Lipinski definition) is 0. The lowest BCUT2D eigenvalue weighted by atomic mass is 10.0. The Bertz CT molecular complexity index is 633. The Morgan fingerprint density at radius 3 is 2.67 bits per heavy atom. The van der Waals surface area contributed by atoms with E-state index in [2.05, 4.69) is 0 Å². The van der Waals surface area contributed by atoms with Gasteiger partial charge in [0.15, 0.2) is 0 Å². The maximum atomic E-state index is 12.4. The first kappa shape index (κ1) is 11.5. The van der Waals surface area contributed by atoms with Crippen molar-refractivity contribution in [3.05, 3.63) is 42.0 Å². The number of amides is 1. The molecule has 1 aromatic rings. The molecule has 5 heteroatoms. The summed E-state index contributed by atoms with van der Waals surface area (Å²) in [5.41, 5.74) is 0.288. The molecule has 0 bridgehead atoms. The van der Waals surface area contributed by atoms with Crippen molar-refractivity contribution >= 4 is 15.9 Å². The molecule has 0 N–H and O–H groups in total. The van der Waals surface area contributed by atoms with E-state index in [0.717, 1.165) is 17.1 Å². The summed E-state index contributed by atoms with van der Waals surface area (Å²) in [5.74, 6) is -0.401. The molecule has 0 aromatic heterocycles. The minimum Gasteiger partial charge on any atom is -0.268 e. The van der Waals surface area contributed by atoms with Crippen LogP contribution in [0.2, 0.25) is 0 Å². The number of carbonyl (C=O) groups is 1. The summed E-state index contributed by atoms with van der Waals surface area (Å²) in [4.78, 5) is 12.4. The molecule has 0 spiro atoms. The van der Waals surface area contributed by atoms with E-state index < -0.39 is 15.9 Å². The van der Waals surface area contributed by atoms with Gasteiger partial charge < -0.3 is 0 Å². The predicted molar refractivity (Wildman–Crippen MR) is 66.6 cm³/mol. The first-order valence-electron chi connectivity index (χ1n) is 5.97. The highest BCUT2D eigenvalue weighted by molar-refractivity contribution is 7.90. The molecule has 1 unspecified atom stereocenters. The number of benzene rings is 1. The van der Waals surface area contributed by atoms with E-state index in [4.69, 9.17) is 0 Å². The summed E-state index contributed by atoms with van der Waals surface area (Å²) in [5, 5.41) is 0. The van der Waals surface area contributed by atoms with Crippen molar-refractivity contribution in [1.29, 1.82) is 0 Å². The summed E-state index contributed by atoms with van der Waals surface area (Å²) in [7, 11) is -3.66. The topological polar surface area (TPSA) is 54.5 Å². The third kappa shape index (κ3) is 1.50. The Balaban J connectivity index is 2.12. The van der Waals surface area contributed by atoms with Gasteiger partial charge in [0, 0.05) is 0 Å². The minimum atomic E-state index is -3.66. The van der Waals surface area contributed by atoms with Crippen LogP contribution in [0.15, 0.2) is 41.3 Å². The maximum absolute atomic E-state index is 12.4. The molecule has 1 heterocycles. The third-order valence-electron chi connectivity index (χ3n) is 3.38. The van der Waals surface area contributed by atoms with Crippen molar-refractivity contribution < 1.29 is 13.2 Å². The molecule has 0 radical (unpaired) electrons. The highest BCUT2D eigenvalue weighted by atomic mass is 32.2. The number of hydrogen-bond acceptors (Lipinski definition) is 3. The summed E-state index contributed by atoms with van der Waals surface area (Å²) in [6.45, 7) is 0. The van der Waals surface area contributed by atoms with Crippen molar-refractivity contribution in [2.24, 2.45) is 0 Å². The Kier molecular flexibility index (Phi) is 2.52. The lowest BCUT2D eigenvalue weighted by Crippen LogP contribution is -2.39. The zero-order valence-corrected chi connectivity index (χ0v) is 10.6. The van der Waals surface area contributed by atoms with Crippen molar-refractivity contribution in [2.45, 2.75) is 30.2 Å². The Morgan fingerprint density at radius 1 is 1.22 bits per heavy atom. The fourth-order valence-corrected chi connectivity index (χ4v) is 4.27. The smallest absolute Gasteiger partial charge is 0.268 e. The average Bonchev–Trinajstić information content (AvgIpc) is 2.59. The number of fused-ring (bicyclic) bond motifs is 1. The van der Waals surface area contributed by atoms with E-state index in [1.807, 2.05) is 12.2 Å². The van der Waals surface area contributed by atoms with E-state index >= 15 is 0 Å². The summed E-state index contributed by atoms with van der Waals surface area (Å²) >= 11 is 0. The lowest BCUT2D eigenvalue weighted by Gasteiger charge is -2.25. The molecule has 1 amide bonds. The van der Waals surface area contributed by atoms with Crippen molar-refractivity contribution in [2.75, 3.05) is 0 Å². The molecule has 1 aliphatic carbocycles. The number of allylic oxidation sites excluding steroid dienone is 1. The van der Waals surface area contributed by atoms with E-state index in [9.17, 15) is 13.2 Å². The maximum Gasteiger partial charge on any atom is 0.269 e. The van der Waals surface area contributed by atoms with Gasteiger partial charge in [-0.2, -0.15) is 0 Å². The Labute approximate surface area is 106 Å². The monoisotopic (exact) mass is 263 g/mol. The molecule has 0 saturated heterocycles. The molecule has 3 rings (SSSR count). The second-order valence-corrected chi connectivity index (χ2v) is 6.31. The second kappa shape index (κ2) is 3.95. The molecular formula is C13H13NO3S. The van der Waals surface area contributed by atoms with Gasteiger partial charge in [0.05, 0.1) is 11.6 Å². The van der Waals surface area contributed by atoms with Crippen molar-refractivity contribution in [1.82, 2.24) is 4.31 Å². The predicted octanol–water partition coefficient (Wildman–Crippen LogP) is 1.94. The van der Waals surface area contributed by atoms with Crippen LogP contribution >= 0.6 is 0 Å². The molecule has 0 saturated carbocycles. The van der Waals surface area contributed by atoms with Crippen molar-refractivity contribution in [3.8, 4) is 0 Å². The average molecular weight is 263 g/mol. The van der Waals surface area contributed by atoms with Gasteiger partial charge in [0.25, 0.3) is 15.9 Å². The SMILES string of the molecule is O=C1c2ccccc2S(=O)(=O)N1C1C=CCCC1. The van der Waals surface area contributed by atoms with Crippen LogP contribution in [0.3, 0.4) is 0 Å². The van der Waals surface area contributed by atoms with Gasteiger partial charge in [0.2, 0.25) is 0 Å². The van der Waals surface area contributed by atoms with Crippen LogP contribution in [0.1, 0.15) is 29.6 Å². The minimum absolute atomic E-state index is 0.133. The van der Waals surface area contributed by atoms with Crippen LogP contribution in [-0.2, 0) is 10.0 Å². The molecule has 94 valence electrons. The molecule has 1 aromatic carbocycles. The van der Waals surface area contributed by atoms with Crippen LogP contribution in [-0.4, -0.2) is 24.7 Å². The zero-order valence-electron chi connectivity index (χ0n) is 9.74. The highest BCUT2D eigenvalue weighted by Crippen LogP contribution is 2.34. The van der Waals surface area contributed by atoms with E-state index in [1.54, 1.807) is 18.2 Å². The van der Waals surface area contributed by atoms with E-state index in [0.29, 0.717) is 6.42 Å². The molecule has 0 fully saturated rings. The summed E-state index contributed by atoms with van der Waals surface area (Å²) in [6, 6.07) is 6.07. The molecule has 4 nitrogen and oxygen atoms in total. The zero-order chi connectivity index (χ0) is 12.8. The van der Waals surface area contributed by atoms with Gasteiger partial charge in [-0.25, -0.2) is 12.7 Å².